The smallest absolute Gasteiger partial charge is 0.407 e. The van der Waals surface area contributed by atoms with Gasteiger partial charge in [0.05, 0.1) is 12.9 Å². The number of nitrogens with zero attached hydrogens (tertiary/aromatic N) is 1. The Labute approximate surface area is 93.3 Å². The van der Waals surface area contributed by atoms with E-state index in [4.69, 9.17) is 14.6 Å². The Morgan fingerprint density at radius 1 is 1.50 bits per heavy atom. The van der Waals surface area contributed by atoms with Crippen LogP contribution in [-0.4, -0.2) is 34.3 Å². The van der Waals surface area contributed by atoms with Crippen LogP contribution in [0.2, 0.25) is 0 Å². The van der Waals surface area contributed by atoms with Gasteiger partial charge in [-0.05, 0) is 18.9 Å². The molecule has 5 heteroatoms. The Bertz CT molecular complexity index is 366. The van der Waals surface area contributed by atoms with Gasteiger partial charge in [-0.3, -0.25) is 0 Å². The minimum atomic E-state index is -0.861. The van der Waals surface area contributed by atoms with Gasteiger partial charge < -0.3 is 19.5 Å². The van der Waals surface area contributed by atoms with E-state index in [-0.39, 0.29) is 12.5 Å². The molecule has 1 fully saturated rings. The number of aliphatic hydroxyl groups is 1. The number of likely N-dealkylation sites (tertiary alicyclic amines) is 1. The van der Waals surface area contributed by atoms with Crippen LogP contribution in [0.4, 0.5) is 4.79 Å². The van der Waals surface area contributed by atoms with Crippen LogP contribution >= 0.6 is 0 Å². The zero-order valence-electron chi connectivity index (χ0n) is 8.93. The molecule has 0 spiro atoms. The third-order valence-corrected chi connectivity index (χ3v) is 3.09. The van der Waals surface area contributed by atoms with Crippen molar-refractivity contribution in [2.45, 2.75) is 25.4 Å². The summed E-state index contributed by atoms with van der Waals surface area (Å²) in [5, 5.41) is 17.9. The van der Waals surface area contributed by atoms with Crippen molar-refractivity contribution < 1.29 is 19.4 Å². The summed E-state index contributed by atoms with van der Waals surface area (Å²) in [6.07, 6.45) is 2.23. The lowest BCUT2D eigenvalue weighted by Crippen LogP contribution is -2.36. The molecule has 16 heavy (non-hydrogen) atoms. The molecule has 0 saturated carbocycles. The van der Waals surface area contributed by atoms with Crippen LogP contribution in [0.1, 0.15) is 30.1 Å². The van der Waals surface area contributed by atoms with Gasteiger partial charge in [0.25, 0.3) is 0 Å². The van der Waals surface area contributed by atoms with Gasteiger partial charge in [0.15, 0.2) is 0 Å². The minimum Gasteiger partial charge on any atom is -0.469 e. The summed E-state index contributed by atoms with van der Waals surface area (Å²) in [6, 6.07) is 1.76. The standard InChI is InChI=1S/C11H15NO4/c13-7-9-3-6-16-10(9)8-1-4-12(5-2-8)11(14)15/h3,6,8,13H,1-2,4-5,7H2,(H,14,15). The second-order valence-corrected chi connectivity index (χ2v) is 4.01. The zero-order chi connectivity index (χ0) is 11.5. The Balaban J connectivity index is 2.01. The van der Waals surface area contributed by atoms with Gasteiger partial charge in [-0.15, -0.1) is 0 Å². The van der Waals surface area contributed by atoms with E-state index in [9.17, 15) is 4.79 Å². The maximum atomic E-state index is 10.7. The molecule has 2 rings (SSSR count). The van der Waals surface area contributed by atoms with E-state index in [1.54, 1.807) is 12.3 Å². The number of amides is 1. The predicted molar refractivity (Wildman–Crippen MR) is 56.2 cm³/mol. The zero-order valence-corrected chi connectivity index (χ0v) is 8.93. The molecule has 2 heterocycles. The van der Waals surface area contributed by atoms with E-state index in [1.165, 1.54) is 4.90 Å². The highest BCUT2D eigenvalue weighted by Crippen LogP contribution is 2.31. The van der Waals surface area contributed by atoms with Crippen molar-refractivity contribution in [2.24, 2.45) is 0 Å². The van der Waals surface area contributed by atoms with Crippen LogP contribution in [0.15, 0.2) is 16.7 Å². The lowest BCUT2D eigenvalue weighted by Gasteiger charge is -2.29. The number of aliphatic hydroxyl groups excluding tert-OH is 1. The molecule has 1 amide bonds. The van der Waals surface area contributed by atoms with Gasteiger partial charge in [-0.2, -0.15) is 0 Å². The lowest BCUT2D eigenvalue weighted by molar-refractivity contribution is 0.129. The summed E-state index contributed by atoms with van der Waals surface area (Å²) in [4.78, 5) is 12.1. The molecule has 0 aromatic carbocycles. The van der Waals surface area contributed by atoms with Crippen LogP contribution in [0.5, 0.6) is 0 Å². The van der Waals surface area contributed by atoms with Crippen molar-refractivity contribution >= 4 is 6.09 Å². The van der Waals surface area contributed by atoms with E-state index in [1.807, 2.05) is 0 Å². The summed E-state index contributed by atoms with van der Waals surface area (Å²) >= 11 is 0. The Kier molecular flexibility index (Phi) is 3.14. The van der Waals surface area contributed by atoms with Crippen LogP contribution in [0, 0.1) is 0 Å². The van der Waals surface area contributed by atoms with Gasteiger partial charge >= 0.3 is 6.09 Å². The fraction of sp³-hybridized carbons (Fsp3) is 0.545. The van der Waals surface area contributed by atoms with Gasteiger partial charge in [-0.25, -0.2) is 4.79 Å². The highest BCUT2D eigenvalue weighted by atomic mass is 16.4. The predicted octanol–water partition coefficient (Wildman–Crippen LogP) is 1.63. The number of furan rings is 1. The first kappa shape index (κ1) is 11.0. The maximum Gasteiger partial charge on any atom is 0.407 e. The molecular weight excluding hydrogens is 210 g/mol. The van der Waals surface area contributed by atoms with Crippen LogP contribution in [0.25, 0.3) is 0 Å². The third kappa shape index (κ3) is 2.04. The molecule has 1 aromatic rings. The molecule has 2 N–H and O–H groups in total. The molecule has 1 aliphatic rings. The largest absolute Gasteiger partial charge is 0.469 e. The van der Waals surface area contributed by atoms with Gasteiger partial charge in [0, 0.05) is 24.6 Å². The third-order valence-electron chi connectivity index (χ3n) is 3.09. The SMILES string of the molecule is O=C(O)N1CCC(c2occc2CO)CC1. The average Bonchev–Trinajstić information content (AvgIpc) is 2.77. The quantitative estimate of drug-likeness (QED) is 0.802. The highest BCUT2D eigenvalue weighted by molar-refractivity contribution is 5.65. The molecule has 5 nitrogen and oxygen atoms in total. The van der Waals surface area contributed by atoms with Crippen molar-refractivity contribution in [2.75, 3.05) is 13.1 Å². The molecule has 0 radical (unpaired) electrons. The van der Waals surface area contributed by atoms with E-state index in [0.29, 0.717) is 13.1 Å². The number of piperidine rings is 1. The summed E-state index contributed by atoms with van der Waals surface area (Å²) in [6.45, 7) is 1.04. The van der Waals surface area contributed by atoms with Crippen molar-refractivity contribution in [3.05, 3.63) is 23.7 Å². The van der Waals surface area contributed by atoms with Crippen LogP contribution in [-0.2, 0) is 6.61 Å². The number of carboxylic acid groups (broad SMARTS) is 1. The first-order valence-corrected chi connectivity index (χ1v) is 5.37. The number of carbonyl (C=O) groups is 1. The van der Waals surface area contributed by atoms with Crippen molar-refractivity contribution in [3.63, 3.8) is 0 Å². The van der Waals surface area contributed by atoms with Gasteiger partial charge in [-0.1, -0.05) is 0 Å². The van der Waals surface area contributed by atoms with Crippen LogP contribution < -0.4 is 0 Å². The first-order valence-electron chi connectivity index (χ1n) is 5.37. The lowest BCUT2D eigenvalue weighted by atomic mass is 9.92. The maximum absolute atomic E-state index is 10.7. The Hall–Kier alpha value is -1.49. The van der Waals surface area contributed by atoms with E-state index in [2.05, 4.69) is 0 Å². The molecular formula is C11H15NO4. The molecule has 1 aliphatic heterocycles. The fourth-order valence-electron chi connectivity index (χ4n) is 2.17. The van der Waals surface area contributed by atoms with Crippen molar-refractivity contribution in [1.82, 2.24) is 4.90 Å². The Morgan fingerprint density at radius 3 is 2.75 bits per heavy atom. The molecule has 0 unspecified atom stereocenters. The number of rotatable bonds is 2. The highest BCUT2D eigenvalue weighted by Gasteiger charge is 2.26. The average molecular weight is 225 g/mol. The van der Waals surface area contributed by atoms with E-state index in [0.717, 1.165) is 24.2 Å². The van der Waals surface area contributed by atoms with E-state index >= 15 is 0 Å². The molecule has 0 bridgehead atoms. The molecule has 0 aliphatic carbocycles. The minimum absolute atomic E-state index is 0.0228. The first-order chi connectivity index (χ1) is 7.72. The number of hydrogen-bond acceptors (Lipinski definition) is 3. The summed E-state index contributed by atoms with van der Waals surface area (Å²) < 4.78 is 5.36. The second-order valence-electron chi connectivity index (χ2n) is 4.01. The van der Waals surface area contributed by atoms with E-state index < -0.39 is 6.09 Å². The summed E-state index contributed by atoms with van der Waals surface area (Å²) in [5.41, 5.74) is 0.814. The molecule has 0 atom stereocenters. The van der Waals surface area contributed by atoms with Crippen LogP contribution in [0.3, 0.4) is 0 Å². The molecule has 1 saturated heterocycles. The molecule has 88 valence electrons. The van der Waals surface area contributed by atoms with Crippen molar-refractivity contribution in [1.29, 1.82) is 0 Å². The second kappa shape index (κ2) is 4.57. The van der Waals surface area contributed by atoms with Crippen molar-refractivity contribution in [3.8, 4) is 0 Å². The summed E-state index contributed by atoms with van der Waals surface area (Å²) in [7, 11) is 0. The molecule has 1 aromatic heterocycles. The number of hydrogen-bond donors (Lipinski definition) is 2. The van der Waals surface area contributed by atoms with Gasteiger partial charge in [0.1, 0.15) is 5.76 Å². The monoisotopic (exact) mass is 225 g/mol. The fourth-order valence-corrected chi connectivity index (χ4v) is 2.17. The Morgan fingerprint density at radius 2 is 2.19 bits per heavy atom. The summed E-state index contributed by atoms with van der Waals surface area (Å²) in [5.74, 6) is 1.04. The topological polar surface area (TPSA) is 73.9 Å². The van der Waals surface area contributed by atoms with Gasteiger partial charge in [0.2, 0.25) is 0 Å². The normalized spacial score (nSPS) is 17.7.